The summed E-state index contributed by atoms with van der Waals surface area (Å²) in [5, 5.41) is 11.6. The van der Waals surface area contributed by atoms with Crippen LogP contribution in [0.15, 0.2) is 35.1 Å². The summed E-state index contributed by atoms with van der Waals surface area (Å²) >= 11 is 0. The molecule has 1 aliphatic heterocycles. The number of likely N-dealkylation sites (tertiary alicyclic amines) is 1. The quantitative estimate of drug-likeness (QED) is 0.883. The van der Waals surface area contributed by atoms with E-state index in [0.717, 1.165) is 11.8 Å². The SMILES string of the molecule is CN(C)CC1(O)CCCN(C(=O)c2cccc3ccc(=O)[nH]c23)C1. The van der Waals surface area contributed by atoms with Gasteiger partial charge in [-0.2, -0.15) is 0 Å². The second-order valence-corrected chi connectivity index (χ2v) is 6.88. The van der Waals surface area contributed by atoms with Gasteiger partial charge in [-0.05, 0) is 44.5 Å². The highest BCUT2D eigenvalue weighted by Crippen LogP contribution is 2.25. The van der Waals surface area contributed by atoms with E-state index in [1.807, 2.05) is 31.1 Å². The van der Waals surface area contributed by atoms with Gasteiger partial charge in [-0.3, -0.25) is 9.59 Å². The minimum Gasteiger partial charge on any atom is -0.387 e. The molecule has 2 aromatic rings. The first kappa shape index (κ1) is 16.7. The predicted molar refractivity (Wildman–Crippen MR) is 93.2 cm³/mol. The number of pyridine rings is 1. The van der Waals surface area contributed by atoms with Crippen molar-refractivity contribution in [3.8, 4) is 0 Å². The zero-order chi connectivity index (χ0) is 17.3. The summed E-state index contributed by atoms with van der Waals surface area (Å²) in [6.45, 7) is 1.43. The number of likely N-dealkylation sites (N-methyl/N-ethyl adjacent to an activating group) is 1. The van der Waals surface area contributed by atoms with Crippen molar-refractivity contribution in [1.82, 2.24) is 14.8 Å². The monoisotopic (exact) mass is 329 g/mol. The van der Waals surface area contributed by atoms with E-state index in [9.17, 15) is 14.7 Å². The first-order valence-corrected chi connectivity index (χ1v) is 8.16. The summed E-state index contributed by atoms with van der Waals surface area (Å²) in [6.07, 6.45) is 1.44. The van der Waals surface area contributed by atoms with Crippen LogP contribution in [0.25, 0.3) is 10.9 Å². The maximum atomic E-state index is 13.0. The van der Waals surface area contributed by atoms with E-state index in [1.54, 1.807) is 17.0 Å². The van der Waals surface area contributed by atoms with Crippen LogP contribution < -0.4 is 5.56 Å². The van der Waals surface area contributed by atoms with Crippen molar-refractivity contribution in [2.75, 3.05) is 33.7 Å². The topological polar surface area (TPSA) is 76.6 Å². The summed E-state index contributed by atoms with van der Waals surface area (Å²) < 4.78 is 0. The highest BCUT2D eigenvalue weighted by Gasteiger charge is 2.36. The molecule has 6 nitrogen and oxygen atoms in total. The number of aliphatic hydroxyl groups is 1. The maximum absolute atomic E-state index is 13.0. The average molecular weight is 329 g/mol. The van der Waals surface area contributed by atoms with E-state index < -0.39 is 5.60 Å². The van der Waals surface area contributed by atoms with Crippen molar-refractivity contribution in [3.63, 3.8) is 0 Å². The first-order chi connectivity index (χ1) is 11.4. The van der Waals surface area contributed by atoms with Gasteiger partial charge in [0, 0.05) is 19.2 Å². The Hall–Kier alpha value is -2.18. The number of carbonyl (C=O) groups excluding carboxylic acids is 1. The van der Waals surface area contributed by atoms with Crippen LogP contribution in [0.4, 0.5) is 0 Å². The van der Waals surface area contributed by atoms with Gasteiger partial charge in [0.25, 0.3) is 5.91 Å². The van der Waals surface area contributed by atoms with Crippen LogP contribution in [0.1, 0.15) is 23.2 Å². The summed E-state index contributed by atoms with van der Waals surface area (Å²) in [4.78, 5) is 31.0. The molecule has 6 heteroatoms. The van der Waals surface area contributed by atoms with Crippen LogP contribution in [0.5, 0.6) is 0 Å². The maximum Gasteiger partial charge on any atom is 0.256 e. The summed E-state index contributed by atoms with van der Waals surface area (Å²) in [5.41, 5.74) is -0.100. The molecule has 1 amide bonds. The minimum absolute atomic E-state index is 0.153. The Balaban J connectivity index is 1.92. The number of nitrogens with one attached hydrogen (secondary N) is 1. The predicted octanol–water partition coefficient (Wildman–Crippen LogP) is 1.06. The number of para-hydroxylation sites is 1. The Kier molecular flexibility index (Phi) is 4.43. The van der Waals surface area contributed by atoms with Crippen molar-refractivity contribution in [2.24, 2.45) is 0 Å². The van der Waals surface area contributed by atoms with Crippen molar-refractivity contribution >= 4 is 16.8 Å². The molecular weight excluding hydrogens is 306 g/mol. The number of aromatic amines is 1. The van der Waals surface area contributed by atoms with Crippen LogP contribution >= 0.6 is 0 Å². The van der Waals surface area contributed by atoms with Gasteiger partial charge < -0.3 is 19.9 Å². The third-order valence-corrected chi connectivity index (χ3v) is 4.44. The van der Waals surface area contributed by atoms with Gasteiger partial charge in [0.05, 0.1) is 23.2 Å². The lowest BCUT2D eigenvalue weighted by Crippen LogP contribution is -2.54. The normalized spacial score (nSPS) is 21.4. The van der Waals surface area contributed by atoms with Crippen LogP contribution in [0.3, 0.4) is 0 Å². The Morgan fingerprint density at radius 3 is 2.88 bits per heavy atom. The molecule has 24 heavy (non-hydrogen) atoms. The Labute approximate surface area is 140 Å². The molecule has 1 saturated heterocycles. The van der Waals surface area contributed by atoms with Gasteiger partial charge in [-0.25, -0.2) is 0 Å². The van der Waals surface area contributed by atoms with E-state index in [2.05, 4.69) is 4.98 Å². The lowest BCUT2D eigenvalue weighted by Gasteiger charge is -2.40. The van der Waals surface area contributed by atoms with Gasteiger partial charge in [-0.1, -0.05) is 12.1 Å². The number of piperidine rings is 1. The number of carbonyl (C=O) groups is 1. The number of H-pyrrole nitrogens is 1. The molecule has 0 radical (unpaired) electrons. The Morgan fingerprint density at radius 1 is 1.33 bits per heavy atom. The fraction of sp³-hybridized carbons (Fsp3) is 0.444. The lowest BCUT2D eigenvalue weighted by atomic mass is 9.91. The summed E-state index contributed by atoms with van der Waals surface area (Å²) in [7, 11) is 3.82. The van der Waals surface area contributed by atoms with E-state index >= 15 is 0 Å². The van der Waals surface area contributed by atoms with Crippen LogP contribution in [0, 0.1) is 0 Å². The van der Waals surface area contributed by atoms with Gasteiger partial charge >= 0.3 is 0 Å². The molecular formula is C18H23N3O3. The minimum atomic E-state index is -0.893. The van der Waals surface area contributed by atoms with Crippen LogP contribution in [0.2, 0.25) is 0 Å². The highest BCUT2D eigenvalue weighted by atomic mass is 16.3. The molecule has 1 aromatic heterocycles. The zero-order valence-electron chi connectivity index (χ0n) is 14.1. The van der Waals surface area contributed by atoms with Gasteiger partial charge in [0.15, 0.2) is 0 Å². The smallest absolute Gasteiger partial charge is 0.256 e. The van der Waals surface area contributed by atoms with E-state index in [0.29, 0.717) is 37.1 Å². The van der Waals surface area contributed by atoms with Crippen LogP contribution in [-0.2, 0) is 0 Å². The van der Waals surface area contributed by atoms with Crippen molar-refractivity contribution in [3.05, 3.63) is 46.2 Å². The molecule has 1 atom stereocenters. The number of amides is 1. The van der Waals surface area contributed by atoms with Gasteiger partial charge in [0.2, 0.25) is 5.56 Å². The van der Waals surface area contributed by atoms with E-state index in [-0.39, 0.29) is 11.5 Å². The van der Waals surface area contributed by atoms with Crippen molar-refractivity contribution < 1.29 is 9.90 Å². The molecule has 0 spiro atoms. The van der Waals surface area contributed by atoms with Crippen molar-refractivity contribution in [1.29, 1.82) is 0 Å². The Bertz CT molecular complexity index is 815. The second kappa shape index (κ2) is 6.37. The standard InChI is InChI=1S/C18H23N3O3/c1-20(2)11-18(24)9-4-10-21(12-18)17(23)14-6-3-5-13-7-8-15(22)19-16(13)14/h3,5-8,24H,4,9-12H2,1-2H3,(H,19,22). The molecule has 0 saturated carbocycles. The highest BCUT2D eigenvalue weighted by molar-refractivity contribution is 6.05. The third kappa shape index (κ3) is 3.34. The van der Waals surface area contributed by atoms with Crippen LogP contribution in [-0.4, -0.2) is 65.1 Å². The molecule has 0 bridgehead atoms. The summed E-state index contributed by atoms with van der Waals surface area (Å²) in [6, 6.07) is 8.56. The molecule has 2 N–H and O–H groups in total. The molecule has 128 valence electrons. The second-order valence-electron chi connectivity index (χ2n) is 6.88. The number of nitrogens with zero attached hydrogens (tertiary/aromatic N) is 2. The summed E-state index contributed by atoms with van der Waals surface area (Å²) in [5.74, 6) is -0.153. The molecule has 1 unspecified atom stereocenters. The molecule has 1 aliphatic rings. The molecule has 3 rings (SSSR count). The molecule has 2 heterocycles. The third-order valence-electron chi connectivity index (χ3n) is 4.44. The molecule has 1 fully saturated rings. The largest absolute Gasteiger partial charge is 0.387 e. The van der Waals surface area contributed by atoms with E-state index in [4.69, 9.17) is 0 Å². The number of fused-ring (bicyclic) bond motifs is 1. The van der Waals surface area contributed by atoms with Gasteiger partial charge in [0.1, 0.15) is 0 Å². The first-order valence-electron chi connectivity index (χ1n) is 8.16. The molecule has 1 aromatic carbocycles. The fourth-order valence-corrected chi connectivity index (χ4v) is 3.53. The molecule has 0 aliphatic carbocycles. The number of aromatic nitrogens is 1. The number of β-amino-alcohol motifs (C(OH)–C–C–N with tert-alkyl or cyclic N) is 1. The number of hydrogen-bond acceptors (Lipinski definition) is 4. The lowest BCUT2D eigenvalue weighted by molar-refractivity contribution is -0.0391. The average Bonchev–Trinajstić information content (AvgIpc) is 2.52. The number of rotatable bonds is 3. The van der Waals surface area contributed by atoms with E-state index in [1.165, 1.54) is 6.07 Å². The number of benzene rings is 1. The van der Waals surface area contributed by atoms with Gasteiger partial charge in [-0.15, -0.1) is 0 Å². The zero-order valence-corrected chi connectivity index (χ0v) is 14.1. The number of hydrogen-bond donors (Lipinski definition) is 2. The Morgan fingerprint density at radius 2 is 2.12 bits per heavy atom. The van der Waals surface area contributed by atoms with Crippen molar-refractivity contribution in [2.45, 2.75) is 18.4 Å². The fourth-order valence-electron chi connectivity index (χ4n) is 3.53.